The van der Waals surface area contributed by atoms with Crippen molar-refractivity contribution in [2.45, 2.75) is 111 Å². The average molecular weight is 395 g/mol. The van der Waals surface area contributed by atoms with Crippen molar-refractivity contribution in [3.8, 4) is 0 Å². The maximum absolute atomic E-state index is 4.08. The van der Waals surface area contributed by atoms with Gasteiger partial charge in [0.25, 0.3) is 0 Å². The van der Waals surface area contributed by atoms with E-state index >= 15 is 0 Å². The molecule has 0 N–H and O–H groups in total. The van der Waals surface area contributed by atoms with E-state index in [-0.39, 0.29) is 0 Å². The van der Waals surface area contributed by atoms with Gasteiger partial charge in [0, 0.05) is 0 Å². The molecule has 0 aromatic rings. The molecule has 0 aliphatic heterocycles. The van der Waals surface area contributed by atoms with Gasteiger partial charge in [-0.05, 0) is 61.2 Å². The lowest BCUT2D eigenvalue weighted by molar-refractivity contribution is 0.316. The Kier molecular flexibility index (Phi) is 18.7. The fourth-order valence-electron chi connectivity index (χ4n) is 2.63. The van der Waals surface area contributed by atoms with Crippen molar-refractivity contribution in [2.24, 2.45) is 47.3 Å². The SMILES string of the molecule is C/C(=C(\C)C(C)C)C(C)C.C=C(C(C)C)C(C)C(C)C.CC(C)C(C)C(C)C. The highest BCUT2D eigenvalue weighted by atomic mass is 14.2. The topological polar surface area (TPSA) is 0 Å². The molecular formula is C28H58. The predicted octanol–water partition coefficient (Wildman–Crippen LogP) is 10.1. The lowest BCUT2D eigenvalue weighted by Gasteiger charge is -2.21. The van der Waals surface area contributed by atoms with Gasteiger partial charge in [-0.3, -0.25) is 0 Å². The first-order valence-electron chi connectivity index (χ1n) is 11.8. The smallest absolute Gasteiger partial charge is 0.0209 e. The molecule has 28 heavy (non-hydrogen) atoms. The van der Waals surface area contributed by atoms with Crippen LogP contribution in [-0.4, -0.2) is 0 Å². The Morgan fingerprint density at radius 3 is 0.821 bits per heavy atom. The van der Waals surface area contributed by atoms with E-state index in [0.717, 1.165) is 23.7 Å². The number of hydrogen-bond donors (Lipinski definition) is 0. The van der Waals surface area contributed by atoms with Gasteiger partial charge in [-0.2, -0.15) is 0 Å². The molecule has 0 saturated carbocycles. The molecule has 0 aliphatic rings. The monoisotopic (exact) mass is 394 g/mol. The van der Waals surface area contributed by atoms with Crippen LogP contribution in [0.4, 0.5) is 0 Å². The molecule has 0 aromatic carbocycles. The van der Waals surface area contributed by atoms with Crippen LogP contribution < -0.4 is 0 Å². The van der Waals surface area contributed by atoms with Crippen molar-refractivity contribution >= 4 is 0 Å². The largest absolute Gasteiger partial charge is 0.0993 e. The Balaban J connectivity index is -0.000000337. The highest BCUT2D eigenvalue weighted by Gasteiger charge is 2.13. The van der Waals surface area contributed by atoms with E-state index < -0.39 is 0 Å². The third-order valence-electron chi connectivity index (χ3n) is 6.78. The van der Waals surface area contributed by atoms with E-state index in [1.54, 1.807) is 11.1 Å². The third-order valence-corrected chi connectivity index (χ3v) is 6.78. The van der Waals surface area contributed by atoms with E-state index in [1.165, 1.54) is 5.57 Å². The van der Waals surface area contributed by atoms with Gasteiger partial charge < -0.3 is 0 Å². The molecular weight excluding hydrogens is 336 g/mol. The summed E-state index contributed by atoms with van der Waals surface area (Å²) >= 11 is 0. The Morgan fingerprint density at radius 1 is 0.464 bits per heavy atom. The minimum absolute atomic E-state index is 0.636. The van der Waals surface area contributed by atoms with Crippen LogP contribution in [0.25, 0.3) is 0 Å². The number of hydrogen-bond acceptors (Lipinski definition) is 0. The van der Waals surface area contributed by atoms with E-state index in [4.69, 9.17) is 0 Å². The summed E-state index contributed by atoms with van der Waals surface area (Å²) in [5.74, 6) is 6.01. The van der Waals surface area contributed by atoms with E-state index in [0.29, 0.717) is 23.7 Å². The highest BCUT2D eigenvalue weighted by molar-refractivity contribution is 5.13. The van der Waals surface area contributed by atoms with Crippen molar-refractivity contribution in [3.05, 3.63) is 23.3 Å². The zero-order valence-electron chi connectivity index (χ0n) is 22.8. The van der Waals surface area contributed by atoms with Crippen molar-refractivity contribution < 1.29 is 0 Å². The van der Waals surface area contributed by atoms with E-state index in [9.17, 15) is 0 Å². The Labute approximate surface area is 181 Å². The second-order valence-electron chi connectivity index (χ2n) is 10.8. The van der Waals surface area contributed by atoms with Crippen molar-refractivity contribution in [1.82, 2.24) is 0 Å². The molecule has 0 aliphatic carbocycles. The molecule has 1 unspecified atom stereocenters. The number of rotatable bonds is 7. The summed E-state index contributed by atoms with van der Waals surface area (Å²) in [4.78, 5) is 0. The molecule has 0 saturated heterocycles. The maximum atomic E-state index is 4.08. The first-order valence-corrected chi connectivity index (χ1v) is 11.8. The molecule has 170 valence electrons. The molecule has 0 fully saturated rings. The quantitative estimate of drug-likeness (QED) is 0.377. The average Bonchev–Trinajstić information content (AvgIpc) is 2.58. The van der Waals surface area contributed by atoms with Crippen LogP contribution in [0, 0.1) is 47.3 Å². The molecule has 0 spiro atoms. The van der Waals surface area contributed by atoms with Crippen LogP contribution >= 0.6 is 0 Å². The predicted molar refractivity (Wildman–Crippen MR) is 135 cm³/mol. The minimum atomic E-state index is 0.636. The second kappa shape index (κ2) is 16.3. The zero-order valence-corrected chi connectivity index (χ0v) is 22.8. The molecule has 0 heterocycles. The summed E-state index contributed by atoms with van der Waals surface area (Å²) in [7, 11) is 0. The third kappa shape index (κ3) is 15.4. The maximum Gasteiger partial charge on any atom is -0.0209 e. The summed E-state index contributed by atoms with van der Waals surface area (Å²) in [6.07, 6.45) is 0. The zero-order chi connectivity index (χ0) is 23.4. The lowest BCUT2D eigenvalue weighted by atomic mass is 9.85. The van der Waals surface area contributed by atoms with Crippen LogP contribution in [0.3, 0.4) is 0 Å². The number of allylic oxidation sites excluding steroid dienone is 3. The normalized spacial score (nSPS) is 13.7. The summed E-state index contributed by atoms with van der Waals surface area (Å²) in [5.41, 5.74) is 4.49. The van der Waals surface area contributed by atoms with Crippen LogP contribution in [0.1, 0.15) is 111 Å². The van der Waals surface area contributed by atoms with Crippen molar-refractivity contribution in [2.75, 3.05) is 0 Å². The molecule has 0 amide bonds. The standard InChI is InChI=1S/2C10H20.C8H18/c2*1-7(2)9(5)10(6)8(3)4;1-6(2)8(5)7(3)4/h7-8H,1-6H3;7-8,10H,5H2,1-4,6H3;6-8H,1-5H3/b10-9-;;. The van der Waals surface area contributed by atoms with Crippen molar-refractivity contribution in [3.63, 3.8) is 0 Å². The molecule has 0 bridgehead atoms. The van der Waals surface area contributed by atoms with Crippen molar-refractivity contribution in [1.29, 1.82) is 0 Å². The summed E-state index contributed by atoms with van der Waals surface area (Å²) < 4.78 is 0. The lowest BCUT2D eigenvalue weighted by Crippen LogP contribution is -2.10. The van der Waals surface area contributed by atoms with Crippen LogP contribution in [0.2, 0.25) is 0 Å². The van der Waals surface area contributed by atoms with Gasteiger partial charge >= 0.3 is 0 Å². The van der Waals surface area contributed by atoms with Gasteiger partial charge in [-0.1, -0.05) is 120 Å². The fraction of sp³-hybridized carbons (Fsp3) is 0.857. The van der Waals surface area contributed by atoms with Crippen LogP contribution in [0.15, 0.2) is 23.3 Å². The first kappa shape index (κ1) is 32.2. The summed E-state index contributed by atoms with van der Waals surface area (Å²) in [5, 5.41) is 0. The van der Waals surface area contributed by atoms with Crippen LogP contribution in [-0.2, 0) is 0 Å². The minimum Gasteiger partial charge on any atom is -0.0993 e. The molecule has 0 radical (unpaired) electrons. The molecule has 1 atom stereocenters. The Bertz CT molecular complexity index is 391. The van der Waals surface area contributed by atoms with Gasteiger partial charge in [-0.25, -0.2) is 0 Å². The van der Waals surface area contributed by atoms with Gasteiger partial charge in [0.2, 0.25) is 0 Å². The molecule has 0 rings (SSSR count). The highest BCUT2D eigenvalue weighted by Crippen LogP contribution is 2.24. The summed E-state index contributed by atoms with van der Waals surface area (Å²) in [6, 6.07) is 0. The van der Waals surface area contributed by atoms with E-state index in [2.05, 4.69) is 117 Å². The molecule has 0 heteroatoms. The second-order valence-corrected chi connectivity index (χ2v) is 10.8. The first-order chi connectivity index (χ1) is 12.5. The van der Waals surface area contributed by atoms with Gasteiger partial charge in [0.1, 0.15) is 0 Å². The summed E-state index contributed by atoms with van der Waals surface area (Å²) in [6.45, 7) is 40.2. The van der Waals surface area contributed by atoms with Gasteiger partial charge in [0.15, 0.2) is 0 Å². The van der Waals surface area contributed by atoms with Crippen LogP contribution in [0.5, 0.6) is 0 Å². The molecule has 0 aromatic heterocycles. The Morgan fingerprint density at radius 2 is 0.750 bits per heavy atom. The van der Waals surface area contributed by atoms with Gasteiger partial charge in [-0.15, -0.1) is 0 Å². The van der Waals surface area contributed by atoms with E-state index in [1.807, 2.05) is 0 Å². The van der Waals surface area contributed by atoms with Gasteiger partial charge in [0.05, 0.1) is 0 Å². The molecule has 0 nitrogen and oxygen atoms in total. The fourth-order valence-corrected chi connectivity index (χ4v) is 2.63. The Hall–Kier alpha value is -0.520.